The number of fused-ring (bicyclic) bond motifs is 1. The highest BCUT2D eigenvalue weighted by Crippen LogP contribution is 2.35. The Bertz CT molecular complexity index is 963. The molecule has 0 spiro atoms. The van der Waals surface area contributed by atoms with E-state index in [0.717, 1.165) is 37.8 Å². The standard InChI is InChI=1S/C19H21F3N6/c1-13(14-8-4-3-5-9-14)26(2)28-17-15(16(19(20,21)22)23-12-24-17)25-18(28)27-10-6-7-11-27/h3-5,8-9,12-13H,6-7,10-11H2,1-2H3. The van der Waals surface area contributed by atoms with Crippen LogP contribution in [0.3, 0.4) is 0 Å². The zero-order chi connectivity index (χ0) is 19.9. The number of aromatic nitrogens is 4. The lowest BCUT2D eigenvalue weighted by Gasteiger charge is -2.31. The van der Waals surface area contributed by atoms with Crippen LogP contribution < -0.4 is 9.91 Å². The predicted octanol–water partition coefficient (Wildman–Crippen LogP) is 3.77. The average molecular weight is 390 g/mol. The van der Waals surface area contributed by atoms with Crippen molar-refractivity contribution in [2.75, 3.05) is 30.0 Å². The van der Waals surface area contributed by atoms with Gasteiger partial charge in [-0.25, -0.2) is 19.6 Å². The second-order valence-electron chi connectivity index (χ2n) is 6.97. The monoisotopic (exact) mass is 390 g/mol. The summed E-state index contributed by atoms with van der Waals surface area (Å²) in [4.78, 5) is 14.0. The van der Waals surface area contributed by atoms with E-state index in [1.54, 1.807) is 4.68 Å². The zero-order valence-corrected chi connectivity index (χ0v) is 15.7. The smallest absolute Gasteiger partial charge is 0.341 e. The number of benzene rings is 1. The van der Waals surface area contributed by atoms with Crippen LogP contribution in [0.25, 0.3) is 11.2 Å². The summed E-state index contributed by atoms with van der Waals surface area (Å²) in [5, 5.41) is 1.88. The molecule has 3 aromatic rings. The van der Waals surface area contributed by atoms with Crippen molar-refractivity contribution in [3.8, 4) is 0 Å². The SMILES string of the molecule is CC(c1ccccc1)N(C)n1c(N2CCCC2)nc2c(C(F)(F)F)ncnc21. The molecule has 0 aliphatic carbocycles. The van der Waals surface area contributed by atoms with Crippen LogP contribution in [0.15, 0.2) is 36.7 Å². The third kappa shape index (κ3) is 3.14. The molecule has 6 nitrogen and oxygen atoms in total. The van der Waals surface area contributed by atoms with Gasteiger partial charge in [0.1, 0.15) is 11.8 Å². The van der Waals surface area contributed by atoms with Gasteiger partial charge < -0.3 is 9.91 Å². The molecular formula is C19H21F3N6. The quantitative estimate of drug-likeness (QED) is 0.679. The molecule has 2 aromatic heterocycles. The topological polar surface area (TPSA) is 50.1 Å². The average Bonchev–Trinajstić information content (AvgIpc) is 3.33. The van der Waals surface area contributed by atoms with E-state index in [2.05, 4.69) is 15.0 Å². The predicted molar refractivity (Wildman–Crippen MR) is 101 cm³/mol. The Hall–Kier alpha value is -2.84. The van der Waals surface area contributed by atoms with Crippen molar-refractivity contribution in [2.24, 2.45) is 0 Å². The fraction of sp³-hybridized carbons (Fsp3) is 0.421. The Morgan fingerprint density at radius 3 is 2.39 bits per heavy atom. The molecule has 1 atom stereocenters. The molecule has 28 heavy (non-hydrogen) atoms. The third-order valence-electron chi connectivity index (χ3n) is 5.22. The highest BCUT2D eigenvalue weighted by Gasteiger charge is 2.38. The second kappa shape index (κ2) is 6.96. The molecule has 4 rings (SSSR count). The largest absolute Gasteiger partial charge is 0.435 e. The molecule has 1 aromatic carbocycles. The first-order valence-electron chi connectivity index (χ1n) is 9.21. The molecule has 3 heterocycles. The number of imidazole rings is 1. The van der Waals surface area contributed by atoms with Crippen LogP contribution in [0.2, 0.25) is 0 Å². The maximum atomic E-state index is 13.5. The van der Waals surface area contributed by atoms with Crippen molar-refractivity contribution in [2.45, 2.75) is 32.0 Å². The van der Waals surface area contributed by atoms with Gasteiger partial charge in [-0.3, -0.25) is 0 Å². The van der Waals surface area contributed by atoms with Crippen molar-refractivity contribution in [3.63, 3.8) is 0 Å². The number of alkyl halides is 3. The van der Waals surface area contributed by atoms with Crippen LogP contribution in [0.5, 0.6) is 0 Å². The van der Waals surface area contributed by atoms with Crippen LogP contribution in [0.1, 0.15) is 37.1 Å². The van der Waals surface area contributed by atoms with E-state index in [0.29, 0.717) is 5.95 Å². The summed E-state index contributed by atoms with van der Waals surface area (Å²) < 4.78 is 42.2. The summed E-state index contributed by atoms with van der Waals surface area (Å²) in [5.74, 6) is 0.476. The lowest BCUT2D eigenvalue weighted by atomic mass is 10.1. The van der Waals surface area contributed by atoms with Gasteiger partial charge in [-0.2, -0.15) is 13.2 Å². The van der Waals surface area contributed by atoms with Gasteiger partial charge >= 0.3 is 6.18 Å². The molecule has 0 N–H and O–H groups in total. The fourth-order valence-electron chi connectivity index (χ4n) is 3.61. The van der Waals surface area contributed by atoms with Crippen LogP contribution >= 0.6 is 0 Å². The number of anilines is 1. The molecule has 0 saturated carbocycles. The zero-order valence-electron chi connectivity index (χ0n) is 15.7. The Morgan fingerprint density at radius 1 is 1.07 bits per heavy atom. The van der Waals surface area contributed by atoms with Crippen molar-refractivity contribution in [3.05, 3.63) is 47.9 Å². The number of halogens is 3. The summed E-state index contributed by atoms with van der Waals surface area (Å²) in [6.07, 6.45) is -1.66. The normalized spacial score (nSPS) is 16.0. The molecule has 0 amide bonds. The lowest BCUT2D eigenvalue weighted by molar-refractivity contribution is -0.140. The maximum Gasteiger partial charge on any atom is 0.435 e. The third-order valence-corrected chi connectivity index (χ3v) is 5.22. The van der Waals surface area contributed by atoms with Crippen molar-refractivity contribution >= 4 is 17.1 Å². The van der Waals surface area contributed by atoms with Crippen molar-refractivity contribution < 1.29 is 13.2 Å². The molecular weight excluding hydrogens is 369 g/mol. The first-order chi connectivity index (χ1) is 13.4. The highest BCUT2D eigenvalue weighted by atomic mass is 19.4. The number of hydrogen-bond acceptors (Lipinski definition) is 5. The van der Waals surface area contributed by atoms with Gasteiger partial charge in [0.05, 0.1) is 6.04 Å². The molecule has 9 heteroatoms. The molecule has 1 aliphatic heterocycles. The van der Waals surface area contributed by atoms with Crippen LogP contribution in [0, 0.1) is 0 Å². The first-order valence-corrected chi connectivity index (χ1v) is 9.21. The van der Waals surface area contributed by atoms with Gasteiger partial charge in [0.2, 0.25) is 5.95 Å². The first kappa shape index (κ1) is 18.5. The minimum absolute atomic E-state index is 0.0933. The summed E-state index contributed by atoms with van der Waals surface area (Å²) >= 11 is 0. The van der Waals surface area contributed by atoms with Gasteiger partial charge in [0.15, 0.2) is 11.3 Å². The number of nitrogens with zero attached hydrogens (tertiary/aromatic N) is 6. The molecule has 1 unspecified atom stereocenters. The second-order valence-corrected chi connectivity index (χ2v) is 6.97. The Kier molecular flexibility index (Phi) is 4.60. The Morgan fingerprint density at radius 2 is 1.75 bits per heavy atom. The lowest BCUT2D eigenvalue weighted by Crippen LogP contribution is -2.36. The summed E-state index contributed by atoms with van der Waals surface area (Å²) in [5.41, 5.74) is -0.0136. The van der Waals surface area contributed by atoms with E-state index >= 15 is 0 Å². The number of hydrogen-bond donors (Lipinski definition) is 0. The summed E-state index contributed by atoms with van der Waals surface area (Å²) in [6.45, 7) is 3.51. The van der Waals surface area contributed by atoms with Gasteiger partial charge in [-0.05, 0) is 25.3 Å². The molecule has 0 bridgehead atoms. The van der Waals surface area contributed by atoms with Gasteiger partial charge in [0, 0.05) is 20.1 Å². The maximum absolute atomic E-state index is 13.5. The molecule has 1 aliphatic rings. The van der Waals surface area contributed by atoms with Crippen LogP contribution in [0.4, 0.5) is 19.1 Å². The van der Waals surface area contributed by atoms with Gasteiger partial charge in [-0.15, -0.1) is 0 Å². The molecule has 0 radical (unpaired) electrons. The van der Waals surface area contributed by atoms with Gasteiger partial charge in [0.25, 0.3) is 0 Å². The molecule has 1 saturated heterocycles. The van der Waals surface area contributed by atoms with Crippen LogP contribution in [-0.2, 0) is 6.18 Å². The molecule has 1 fully saturated rings. The minimum Gasteiger partial charge on any atom is -0.341 e. The van der Waals surface area contributed by atoms with E-state index in [-0.39, 0.29) is 17.2 Å². The number of rotatable bonds is 4. The minimum atomic E-state index is -4.59. The Balaban J connectivity index is 1.89. The van der Waals surface area contributed by atoms with E-state index in [9.17, 15) is 13.2 Å². The fourth-order valence-corrected chi connectivity index (χ4v) is 3.61. The van der Waals surface area contributed by atoms with E-state index in [1.807, 2.05) is 54.2 Å². The van der Waals surface area contributed by atoms with Crippen LogP contribution in [-0.4, -0.2) is 39.8 Å². The van der Waals surface area contributed by atoms with E-state index < -0.39 is 11.9 Å². The van der Waals surface area contributed by atoms with E-state index in [1.165, 1.54) is 0 Å². The van der Waals surface area contributed by atoms with Crippen molar-refractivity contribution in [1.82, 2.24) is 19.6 Å². The Labute approximate surface area is 160 Å². The van der Waals surface area contributed by atoms with Gasteiger partial charge in [-0.1, -0.05) is 30.3 Å². The summed E-state index contributed by atoms with van der Waals surface area (Å²) in [6, 6.07) is 9.71. The van der Waals surface area contributed by atoms with Crippen molar-refractivity contribution in [1.29, 1.82) is 0 Å². The van der Waals surface area contributed by atoms with E-state index in [4.69, 9.17) is 0 Å². The highest BCUT2D eigenvalue weighted by molar-refractivity contribution is 5.78. The molecule has 148 valence electrons. The summed E-state index contributed by atoms with van der Waals surface area (Å²) in [7, 11) is 1.84.